The first-order valence-electron chi connectivity index (χ1n) is 16.7. The summed E-state index contributed by atoms with van der Waals surface area (Å²) in [5.74, 6) is 5.34. The molecule has 1 saturated carbocycles. The summed E-state index contributed by atoms with van der Waals surface area (Å²) >= 11 is 0. The van der Waals surface area contributed by atoms with Crippen molar-refractivity contribution in [2.75, 3.05) is 51.7 Å². The number of fused-ring (bicyclic) bond motifs is 1. The number of hydrogen-bond acceptors (Lipinski definition) is 10. The second kappa shape index (κ2) is 21.0. The van der Waals surface area contributed by atoms with Crippen LogP contribution in [0.1, 0.15) is 58.4 Å². The van der Waals surface area contributed by atoms with Crippen molar-refractivity contribution in [2.24, 2.45) is 29.6 Å². The molecule has 0 spiro atoms. The minimum atomic E-state index is -1.08. The van der Waals surface area contributed by atoms with Crippen molar-refractivity contribution in [3.05, 3.63) is 29.8 Å². The Kier molecular flexibility index (Phi) is 16.8. The van der Waals surface area contributed by atoms with E-state index in [-0.39, 0.29) is 63.8 Å². The van der Waals surface area contributed by atoms with Crippen LogP contribution in [-0.2, 0) is 44.7 Å². The zero-order chi connectivity index (χ0) is 35.6. The molecule has 0 aromatic heterocycles. The number of carbonyl (C=O) groups excluding carboxylic acids is 4. The van der Waals surface area contributed by atoms with Crippen LogP contribution in [0.15, 0.2) is 24.3 Å². The molecule has 1 aromatic carbocycles. The van der Waals surface area contributed by atoms with Crippen LogP contribution in [0.3, 0.4) is 0 Å². The third-order valence-corrected chi connectivity index (χ3v) is 8.35. The molecule has 0 radical (unpaired) electrons. The molecule has 2 aliphatic carbocycles. The lowest BCUT2D eigenvalue weighted by molar-refractivity contribution is -0.148. The third kappa shape index (κ3) is 14.9. The minimum absolute atomic E-state index is 0.0499. The maximum absolute atomic E-state index is 13.0. The van der Waals surface area contributed by atoms with E-state index in [9.17, 15) is 24.0 Å². The molecule has 3 rings (SSSR count). The molecule has 0 bridgehead atoms. The van der Waals surface area contributed by atoms with E-state index >= 15 is 0 Å². The average molecular weight is 688 g/mol. The number of carboxylic acids is 1. The van der Waals surface area contributed by atoms with E-state index < -0.39 is 36.7 Å². The number of carboxylic acid groups (broad SMARTS) is 1. The minimum Gasteiger partial charge on any atom is -0.480 e. The van der Waals surface area contributed by atoms with E-state index in [2.05, 4.69) is 27.8 Å². The molecule has 14 nitrogen and oxygen atoms in total. The van der Waals surface area contributed by atoms with E-state index in [0.29, 0.717) is 30.0 Å². The molecule has 0 saturated heterocycles. The summed E-state index contributed by atoms with van der Waals surface area (Å²) in [5.41, 5.74) is 1.32. The van der Waals surface area contributed by atoms with Gasteiger partial charge in [-0.1, -0.05) is 32.9 Å². The van der Waals surface area contributed by atoms with Gasteiger partial charge in [0.1, 0.15) is 20.0 Å². The number of rotatable bonds is 21. The summed E-state index contributed by atoms with van der Waals surface area (Å²) in [7, 11) is 0. The van der Waals surface area contributed by atoms with Gasteiger partial charge in [-0.25, -0.2) is 14.4 Å². The van der Waals surface area contributed by atoms with Gasteiger partial charge in [0.05, 0.1) is 32.5 Å². The van der Waals surface area contributed by atoms with Gasteiger partial charge in [0, 0.05) is 37.4 Å². The predicted molar refractivity (Wildman–Crippen MR) is 177 cm³/mol. The molecular formula is C35H49N3O11. The summed E-state index contributed by atoms with van der Waals surface area (Å²) < 4.78 is 26.0. The molecule has 0 heterocycles. The van der Waals surface area contributed by atoms with Crippen LogP contribution < -0.4 is 16.0 Å². The van der Waals surface area contributed by atoms with E-state index in [1.807, 2.05) is 0 Å². The van der Waals surface area contributed by atoms with Crippen molar-refractivity contribution >= 4 is 35.5 Å². The van der Waals surface area contributed by atoms with Crippen LogP contribution in [0, 0.1) is 41.4 Å². The van der Waals surface area contributed by atoms with Crippen LogP contribution >= 0.6 is 0 Å². The lowest BCUT2D eigenvalue weighted by Crippen LogP contribution is -2.45. The Balaban J connectivity index is 1.25. The molecule has 4 N–H and O–H groups in total. The zero-order valence-electron chi connectivity index (χ0n) is 28.5. The molecular weight excluding hydrogens is 638 g/mol. The number of ether oxygens (including phenoxy) is 5. The Morgan fingerprint density at radius 1 is 0.878 bits per heavy atom. The molecule has 5 atom stereocenters. The van der Waals surface area contributed by atoms with Gasteiger partial charge in [0.25, 0.3) is 0 Å². The van der Waals surface area contributed by atoms with Crippen LogP contribution in [0.25, 0.3) is 0 Å². The Hall–Kier alpha value is -4.19. The standard InChI is InChI=1S/C35H49N3O11/c1-23(2)32(30(39)18-24(3)33(42)37-26-12-10-25(11-13-26)19-46-22-47-21-31(40)41)38-35(44)48-17-16-45-15-14-36-34(43)49-20-29-27-8-6-4-5-7-9-28(27)29/h10-13,23-24,27-29,32H,6-9,14-22H2,1-3H3,(H,36,43)(H,37,42)(H,38,44)(H,40,41)/t24-,27-,28+,29?,32+/m1/s1. The fourth-order valence-corrected chi connectivity index (χ4v) is 5.63. The lowest BCUT2D eigenvalue weighted by atomic mass is 9.93. The molecule has 14 heteroatoms. The van der Waals surface area contributed by atoms with E-state index in [1.54, 1.807) is 45.0 Å². The van der Waals surface area contributed by atoms with Crippen molar-refractivity contribution in [1.82, 2.24) is 10.6 Å². The van der Waals surface area contributed by atoms with E-state index in [1.165, 1.54) is 0 Å². The summed E-state index contributed by atoms with van der Waals surface area (Å²) in [4.78, 5) is 60.6. The Morgan fingerprint density at radius 2 is 1.57 bits per heavy atom. The first-order chi connectivity index (χ1) is 23.5. The average Bonchev–Trinajstić information content (AvgIpc) is 3.70. The maximum atomic E-state index is 13.0. The normalized spacial score (nSPS) is 19.1. The van der Waals surface area contributed by atoms with E-state index in [4.69, 9.17) is 28.8 Å². The Labute approximate surface area is 287 Å². The van der Waals surface area contributed by atoms with Crippen molar-refractivity contribution < 1.29 is 52.8 Å². The van der Waals surface area contributed by atoms with Crippen molar-refractivity contribution in [3.8, 4) is 11.8 Å². The molecule has 1 unspecified atom stereocenters. The smallest absolute Gasteiger partial charge is 0.407 e. The highest BCUT2D eigenvalue weighted by atomic mass is 16.7. The maximum Gasteiger partial charge on any atom is 0.407 e. The molecule has 3 amide bonds. The number of benzene rings is 1. The van der Waals surface area contributed by atoms with Crippen molar-refractivity contribution in [2.45, 2.75) is 65.5 Å². The largest absolute Gasteiger partial charge is 0.480 e. The van der Waals surface area contributed by atoms with E-state index in [0.717, 1.165) is 31.2 Å². The monoisotopic (exact) mass is 687 g/mol. The lowest BCUT2D eigenvalue weighted by Gasteiger charge is -2.22. The SMILES string of the molecule is CC(C)[C@H](NC(=O)OCCOCCNC(=O)OCC1[C@H]2CCC#CCC[C@@H]12)C(=O)C[C@@H](C)C(=O)Nc1ccc(COCOCC(=O)O)cc1. The number of nitrogens with one attached hydrogen (secondary N) is 3. The van der Waals surface area contributed by atoms with Crippen LogP contribution in [-0.4, -0.2) is 87.4 Å². The number of hydrogen-bond donors (Lipinski definition) is 4. The molecule has 1 aromatic rings. The second-order valence-corrected chi connectivity index (χ2v) is 12.5. The van der Waals surface area contributed by atoms with Gasteiger partial charge in [-0.2, -0.15) is 0 Å². The first-order valence-corrected chi connectivity index (χ1v) is 16.7. The number of aliphatic carboxylic acids is 1. The summed E-state index contributed by atoms with van der Waals surface area (Å²) in [6, 6.07) is 6.00. The summed E-state index contributed by atoms with van der Waals surface area (Å²) in [6.45, 7) is 5.72. The topological polar surface area (TPSA) is 188 Å². The molecule has 270 valence electrons. The van der Waals surface area contributed by atoms with Crippen LogP contribution in [0.4, 0.5) is 15.3 Å². The third-order valence-electron chi connectivity index (χ3n) is 8.35. The highest BCUT2D eigenvalue weighted by molar-refractivity contribution is 5.97. The van der Waals surface area contributed by atoms with Gasteiger partial charge in [-0.15, -0.1) is 11.8 Å². The van der Waals surface area contributed by atoms with Gasteiger partial charge in [-0.3, -0.25) is 9.59 Å². The first kappa shape index (κ1) is 39.3. The number of anilines is 1. The summed E-state index contributed by atoms with van der Waals surface area (Å²) in [5, 5.41) is 16.6. The van der Waals surface area contributed by atoms with Crippen molar-refractivity contribution in [3.63, 3.8) is 0 Å². The van der Waals surface area contributed by atoms with Crippen LogP contribution in [0.5, 0.6) is 0 Å². The molecule has 2 aliphatic rings. The predicted octanol–water partition coefficient (Wildman–Crippen LogP) is 3.73. The van der Waals surface area contributed by atoms with Crippen molar-refractivity contribution in [1.29, 1.82) is 0 Å². The van der Waals surface area contributed by atoms with Gasteiger partial charge < -0.3 is 44.7 Å². The second-order valence-electron chi connectivity index (χ2n) is 12.5. The molecule has 0 aliphatic heterocycles. The van der Waals surface area contributed by atoms with Gasteiger partial charge in [0.15, 0.2) is 5.78 Å². The fraction of sp³-hybridized carbons (Fsp3) is 0.629. The Bertz CT molecular complexity index is 1290. The number of ketones is 1. The Morgan fingerprint density at radius 3 is 2.22 bits per heavy atom. The molecule has 1 fully saturated rings. The summed E-state index contributed by atoms with van der Waals surface area (Å²) in [6.07, 6.45) is 2.63. The number of Topliss-reactive ketones (excluding diaryl/α,β-unsaturated/α-hetero) is 1. The number of amides is 3. The molecule has 49 heavy (non-hydrogen) atoms. The van der Waals surface area contributed by atoms with Gasteiger partial charge in [-0.05, 0) is 54.2 Å². The van der Waals surface area contributed by atoms with Gasteiger partial charge >= 0.3 is 18.2 Å². The van der Waals surface area contributed by atoms with Crippen LogP contribution in [0.2, 0.25) is 0 Å². The fourth-order valence-electron chi connectivity index (χ4n) is 5.63. The number of alkyl carbamates (subject to hydrolysis) is 2. The highest BCUT2D eigenvalue weighted by Crippen LogP contribution is 2.52. The highest BCUT2D eigenvalue weighted by Gasteiger charge is 2.49. The van der Waals surface area contributed by atoms with Gasteiger partial charge in [0.2, 0.25) is 5.91 Å². The number of carbonyl (C=O) groups is 5. The quantitative estimate of drug-likeness (QED) is 0.0838. The zero-order valence-corrected chi connectivity index (χ0v) is 28.5.